The van der Waals surface area contributed by atoms with Crippen LogP contribution < -0.4 is 0 Å². The predicted octanol–water partition coefficient (Wildman–Crippen LogP) is 3.36. The maximum atomic E-state index is 14.0. The summed E-state index contributed by atoms with van der Waals surface area (Å²) < 4.78 is 24.3. The summed E-state index contributed by atoms with van der Waals surface area (Å²) in [7, 11) is 0. The van der Waals surface area contributed by atoms with Crippen molar-refractivity contribution < 1.29 is 28.0 Å². The van der Waals surface area contributed by atoms with Gasteiger partial charge in [0.25, 0.3) is 12.4 Å². The number of carbonyl (C=O) groups excluding carboxylic acids is 1. The summed E-state index contributed by atoms with van der Waals surface area (Å²) in [5, 5.41) is 11.0. The number of rotatable bonds is 4. The number of nitrogens with zero attached hydrogens (tertiary/aromatic N) is 3. The lowest BCUT2D eigenvalue weighted by Gasteiger charge is -2.29. The Hall–Kier alpha value is -3.46. The molecule has 0 unspecified atom stereocenters. The second-order valence-electron chi connectivity index (χ2n) is 8.12. The molecule has 0 aliphatic carbocycles. The molecule has 2 fully saturated rings. The Morgan fingerprint density at radius 3 is 2.75 bits per heavy atom. The Kier molecular flexibility index (Phi) is 6.36. The van der Waals surface area contributed by atoms with Crippen LogP contribution in [0.4, 0.5) is 4.39 Å². The predicted molar refractivity (Wildman–Crippen MR) is 111 cm³/mol. The lowest BCUT2D eigenvalue weighted by atomic mass is 9.89. The highest BCUT2D eigenvalue weighted by molar-refractivity contribution is 5.94. The standard InChI is InChI=1S/C22H22FN3O3.CH2O2/c1-14-7-19(24-29-14)11-25-9-17-10-26(22(27)16-5-6-28-13-16)21(20(17)12-25)15-3-2-4-18(23)8-15;2-1-3/h2-8,13,17,20-21H,9-12H2,1H3;1H,(H,2,3)/t17-,20-,21+;/m0./s1. The van der Waals surface area contributed by atoms with Crippen LogP contribution in [0.2, 0.25) is 0 Å². The van der Waals surface area contributed by atoms with Gasteiger partial charge in [0.2, 0.25) is 0 Å². The number of carboxylic acid groups (broad SMARTS) is 1. The van der Waals surface area contributed by atoms with E-state index in [0.717, 1.165) is 36.7 Å². The van der Waals surface area contributed by atoms with Gasteiger partial charge in [-0.2, -0.15) is 0 Å². The van der Waals surface area contributed by atoms with Gasteiger partial charge in [0.05, 0.1) is 23.6 Å². The van der Waals surface area contributed by atoms with Gasteiger partial charge in [0.15, 0.2) is 0 Å². The fourth-order valence-electron chi connectivity index (χ4n) is 4.87. The van der Waals surface area contributed by atoms with Crippen molar-refractivity contribution >= 4 is 12.4 Å². The van der Waals surface area contributed by atoms with E-state index in [4.69, 9.17) is 18.8 Å². The van der Waals surface area contributed by atoms with Gasteiger partial charge in [-0.05, 0) is 36.6 Å². The Morgan fingerprint density at radius 1 is 1.28 bits per heavy atom. The highest BCUT2D eigenvalue weighted by Gasteiger charge is 2.49. The molecule has 32 heavy (non-hydrogen) atoms. The topological polar surface area (TPSA) is 100 Å². The lowest BCUT2D eigenvalue weighted by Crippen LogP contribution is -2.35. The fraction of sp³-hybridized carbons (Fsp3) is 0.348. The van der Waals surface area contributed by atoms with Gasteiger partial charge in [-0.3, -0.25) is 14.5 Å². The fourth-order valence-corrected chi connectivity index (χ4v) is 4.87. The van der Waals surface area contributed by atoms with E-state index in [1.54, 1.807) is 18.2 Å². The molecule has 0 radical (unpaired) electrons. The number of halogens is 1. The third-order valence-electron chi connectivity index (χ3n) is 6.02. The van der Waals surface area contributed by atoms with Crippen LogP contribution in [0.5, 0.6) is 0 Å². The Morgan fingerprint density at radius 2 is 2.09 bits per heavy atom. The maximum absolute atomic E-state index is 14.0. The zero-order chi connectivity index (χ0) is 22.7. The summed E-state index contributed by atoms with van der Waals surface area (Å²) in [6.07, 6.45) is 2.97. The number of carbonyl (C=O) groups is 2. The highest BCUT2D eigenvalue weighted by atomic mass is 19.1. The number of hydrogen-bond acceptors (Lipinski definition) is 6. The van der Waals surface area contributed by atoms with E-state index >= 15 is 0 Å². The van der Waals surface area contributed by atoms with E-state index in [1.807, 2.05) is 24.0 Å². The van der Waals surface area contributed by atoms with Gasteiger partial charge in [0.1, 0.15) is 17.8 Å². The number of furan rings is 1. The van der Waals surface area contributed by atoms with Crippen molar-refractivity contribution in [3.8, 4) is 0 Å². The van der Waals surface area contributed by atoms with Gasteiger partial charge in [0, 0.05) is 38.2 Å². The minimum atomic E-state index is -0.283. The Balaban J connectivity index is 0.000000775. The molecule has 2 aliphatic heterocycles. The van der Waals surface area contributed by atoms with Gasteiger partial charge >= 0.3 is 0 Å². The van der Waals surface area contributed by atoms with Gasteiger partial charge < -0.3 is 18.9 Å². The van der Waals surface area contributed by atoms with E-state index in [9.17, 15) is 9.18 Å². The zero-order valence-electron chi connectivity index (χ0n) is 17.6. The molecule has 1 amide bonds. The quantitative estimate of drug-likeness (QED) is 0.620. The molecule has 0 spiro atoms. The molecule has 168 valence electrons. The van der Waals surface area contributed by atoms with Gasteiger partial charge in [-0.25, -0.2) is 4.39 Å². The summed E-state index contributed by atoms with van der Waals surface area (Å²) in [5.74, 6) is 1.01. The van der Waals surface area contributed by atoms with Crippen LogP contribution in [0.15, 0.2) is 57.9 Å². The van der Waals surface area contributed by atoms with Crippen molar-refractivity contribution in [2.45, 2.75) is 19.5 Å². The van der Waals surface area contributed by atoms with Crippen LogP contribution in [0, 0.1) is 24.6 Å². The Labute approximate surface area is 184 Å². The third kappa shape index (κ3) is 4.43. The molecule has 2 aromatic heterocycles. The first kappa shape index (κ1) is 21.8. The van der Waals surface area contributed by atoms with Crippen molar-refractivity contribution in [2.75, 3.05) is 19.6 Å². The molecule has 0 saturated carbocycles. The van der Waals surface area contributed by atoms with E-state index in [2.05, 4.69) is 10.1 Å². The van der Waals surface area contributed by atoms with Crippen molar-refractivity contribution in [3.05, 3.63) is 77.3 Å². The summed E-state index contributed by atoms with van der Waals surface area (Å²) >= 11 is 0. The minimum absolute atomic E-state index is 0.0684. The van der Waals surface area contributed by atoms with E-state index in [0.29, 0.717) is 18.0 Å². The monoisotopic (exact) mass is 441 g/mol. The van der Waals surface area contributed by atoms with E-state index in [-0.39, 0.29) is 30.2 Å². The largest absolute Gasteiger partial charge is 0.483 e. The molecule has 5 rings (SSSR count). The zero-order valence-corrected chi connectivity index (χ0v) is 17.6. The molecule has 1 N–H and O–H groups in total. The molecule has 4 heterocycles. The first-order valence-corrected chi connectivity index (χ1v) is 10.3. The molecule has 9 heteroatoms. The average Bonchev–Trinajstić information content (AvgIpc) is 3.53. The van der Waals surface area contributed by atoms with Crippen molar-refractivity contribution in [1.82, 2.24) is 15.0 Å². The number of likely N-dealkylation sites (tertiary alicyclic amines) is 2. The molecular weight excluding hydrogens is 417 g/mol. The van der Waals surface area contributed by atoms with Crippen molar-refractivity contribution in [1.29, 1.82) is 0 Å². The normalized spacial score (nSPS) is 22.3. The molecule has 2 saturated heterocycles. The molecule has 3 atom stereocenters. The summed E-state index contributed by atoms with van der Waals surface area (Å²) in [4.78, 5) is 25.7. The second-order valence-corrected chi connectivity index (χ2v) is 8.12. The van der Waals surface area contributed by atoms with Crippen LogP contribution in [-0.2, 0) is 11.3 Å². The smallest absolute Gasteiger partial charge is 0.290 e. The molecule has 0 bridgehead atoms. The number of aromatic nitrogens is 1. The number of fused-ring (bicyclic) bond motifs is 1. The number of hydrogen-bond donors (Lipinski definition) is 1. The number of benzene rings is 1. The molecule has 8 nitrogen and oxygen atoms in total. The van der Waals surface area contributed by atoms with Crippen molar-refractivity contribution in [2.24, 2.45) is 11.8 Å². The Bertz CT molecular complexity index is 1070. The summed E-state index contributed by atoms with van der Waals surface area (Å²) in [6, 6.07) is 10.1. The maximum Gasteiger partial charge on any atom is 0.290 e. The SMILES string of the molecule is Cc1cc(CN2C[C@H]3CN(C(=O)c4ccoc4)[C@H](c4cccc(F)c4)[C@H]3C2)no1.O=CO. The summed E-state index contributed by atoms with van der Waals surface area (Å²) in [6.45, 7) is 4.69. The molecule has 2 aliphatic rings. The van der Waals surface area contributed by atoms with Gasteiger partial charge in [-0.15, -0.1) is 0 Å². The molecule has 1 aromatic carbocycles. The first-order chi connectivity index (χ1) is 15.5. The third-order valence-corrected chi connectivity index (χ3v) is 6.02. The van der Waals surface area contributed by atoms with Gasteiger partial charge in [-0.1, -0.05) is 17.3 Å². The second kappa shape index (κ2) is 9.35. The highest BCUT2D eigenvalue weighted by Crippen LogP contribution is 2.46. The van der Waals surface area contributed by atoms with Crippen molar-refractivity contribution in [3.63, 3.8) is 0 Å². The number of amides is 1. The number of aryl methyl sites for hydroxylation is 1. The molecular formula is C23H24FN3O5. The summed E-state index contributed by atoms with van der Waals surface area (Å²) in [5.41, 5.74) is 2.28. The van der Waals surface area contributed by atoms with Crippen LogP contribution in [0.1, 0.15) is 33.4 Å². The average molecular weight is 441 g/mol. The van der Waals surface area contributed by atoms with E-state index < -0.39 is 0 Å². The lowest BCUT2D eigenvalue weighted by molar-refractivity contribution is -0.122. The van der Waals surface area contributed by atoms with Crippen LogP contribution in [0.25, 0.3) is 0 Å². The van der Waals surface area contributed by atoms with Crippen LogP contribution in [-0.4, -0.2) is 52.1 Å². The molecule has 3 aromatic rings. The van der Waals surface area contributed by atoms with Crippen LogP contribution >= 0.6 is 0 Å². The minimum Gasteiger partial charge on any atom is -0.483 e. The van der Waals surface area contributed by atoms with Crippen LogP contribution in [0.3, 0.4) is 0 Å². The van der Waals surface area contributed by atoms with E-state index in [1.165, 1.54) is 18.6 Å². The first-order valence-electron chi connectivity index (χ1n) is 10.3.